The van der Waals surface area contributed by atoms with Crippen molar-refractivity contribution in [3.05, 3.63) is 47.7 Å². The number of aromatic nitrogens is 1. The molecule has 94 valence electrons. The van der Waals surface area contributed by atoms with Crippen molar-refractivity contribution in [3.8, 4) is 5.75 Å². The number of pyridine rings is 1. The zero-order chi connectivity index (χ0) is 13.2. The van der Waals surface area contributed by atoms with Gasteiger partial charge in [0.1, 0.15) is 10.6 Å². The van der Waals surface area contributed by atoms with E-state index in [1.165, 1.54) is 42.7 Å². The monoisotopic (exact) mass is 284 g/mol. The minimum Gasteiger partial charge on any atom is -0.506 e. The van der Waals surface area contributed by atoms with Crippen molar-refractivity contribution in [3.63, 3.8) is 0 Å². The molecular formula is C11H9ClN2O3S. The van der Waals surface area contributed by atoms with Gasteiger partial charge in [0.25, 0.3) is 10.0 Å². The topological polar surface area (TPSA) is 79.3 Å². The van der Waals surface area contributed by atoms with Gasteiger partial charge in [-0.15, -0.1) is 0 Å². The molecular weight excluding hydrogens is 276 g/mol. The molecule has 18 heavy (non-hydrogen) atoms. The van der Waals surface area contributed by atoms with E-state index >= 15 is 0 Å². The lowest BCUT2D eigenvalue weighted by Crippen LogP contribution is -2.13. The van der Waals surface area contributed by atoms with Crippen molar-refractivity contribution >= 4 is 27.3 Å². The number of nitrogens with one attached hydrogen (secondary N) is 1. The second-order valence-electron chi connectivity index (χ2n) is 3.46. The van der Waals surface area contributed by atoms with Gasteiger partial charge >= 0.3 is 0 Å². The molecule has 0 saturated carbocycles. The number of nitrogens with zero attached hydrogens (tertiary/aromatic N) is 1. The number of aromatic hydroxyl groups is 1. The van der Waals surface area contributed by atoms with Crippen LogP contribution in [0.1, 0.15) is 0 Å². The van der Waals surface area contributed by atoms with Gasteiger partial charge in [-0.2, -0.15) is 0 Å². The van der Waals surface area contributed by atoms with Gasteiger partial charge in [-0.25, -0.2) is 8.42 Å². The van der Waals surface area contributed by atoms with Crippen LogP contribution in [0.4, 0.5) is 5.69 Å². The zero-order valence-electron chi connectivity index (χ0n) is 9.04. The lowest BCUT2D eigenvalue weighted by molar-refractivity contribution is 0.477. The van der Waals surface area contributed by atoms with Gasteiger partial charge in [-0.1, -0.05) is 11.6 Å². The van der Waals surface area contributed by atoms with E-state index in [0.29, 0.717) is 5.02 Å². The number of anilines is 1. The summed E-state index contributed by atoms with van der Waals surface area (Å²) in [5.41, 5.74) is 0.0198. The Bertz CT molecular complexity index is 659. The highest BCUT2D eigenvalue weighted by atomic mass is 35.5. The molecule has 0 spiro atoms. The predicted octanol–water partition coefficient (Wildman–Crippen LogP) is 2.24. The number of hydrogen-bond acceptors (Lipinski definition) is 4. The summed E-state index contributed by atoms with van der Waals surface area (Å²) in [6.07, 6.45) is 2.68. The summed E-state index contributed by atoms with van der Waals surface area (Å²) >= 11 is 5.73. The summed E-state index contributed by atoms with van der Waals surface area (Å²) in [5.74, 6) is -0.202. The lowest BCUT2D eigenvalue weighted by atomic mass is 10.3. The van der Waals surface area contributed by atoms with Gasteiger partial charge in [0.15, 0.2) is 0 Å². The first-order valence-corrected chi connectivity index (χ1v) is 6.76. The highest BCUT2D eigenvalue weighted by Crippen LogP contribution is 2.28. The van der Waals surface area contributed by atoms with E-state index in [1.807, 2.05) is 0 Å². The second-order valence-corrected chi connectivity index (χ2v) is 5.57. The van der Waals surface area contributed by atoms with Crippen LogP contribution in [0.25, 0.3) is 0 Å². The molecule has 0 atom stereocenters. The number of phenols is 1. The van der Waals surface area contributed by atoms with Crippen molar-refractivity contribution in [2.24, 2.45) is 0 Å². The van der Waals surface area contributed by atoms with Crippen molar-refractivity contribution < 1.29 is 13.5 Å². The van der Waals surface area contributed by atoms with Crippen LogP contribution in [-0.4, -0.2) is 18.5 Å². The van der Waals surface area contributed by atoms with Crippen LogP contribution in [0.2, 0.25) is 5.02 Å². The Morgan fingerprint density at radius 2 is 2.06 bits per heavy atom. The standard InChI is InChI=1S/C11H9ClN2O3S/c12-8-3-4-11(15)10(6-8)14-18(16,17)9-2-1-5-13-7-9/h1-7,14-15H. The van der Waals surface area contributed by atoms with E-state index < -0.39 is 10.0 Å². The average molecular weight is 285 g/mol. The molecule has 0 aliphatic carbocycles. The molecule has 0 radical (unpaired) electrons. The lowest BCUT2D eigenvalue weighted by Gasteiger charge is -2.09. The van der Waals surface area contributed by atoms with Crippen LogP contribution >= 0.6 is 11.6 Å². The van der Waals surface area contributed by atoms with E-state index in [9.17, 15) is 13.5 Å². The van der Waals surface area contributed by atoms with Gasteiger partial charge in [0, 0.05) is 17.4 Å². The van der Waals surface area contributed by atoms with Crippen molar-refractivity contribution in [1.29, 1.82) is 0 Å². The van der Waals surface area contributed by atoms with Crippen LogP contribution in [0.3, 0.4) is 0 Å². The number of rotatable bonds is 3. The normalized spacial score (nSPS) is 11.2. The molecule has 1 aromatic carbocycles. The van der Waals surface area contributed by atoms with E-state index in [2.05, 4.69) is 9.71 Å². The van der Waals surface area contributed by atoms with Crippen LogP contribution in [0, 0.1) is 0 Å². The van der Waals surface area contributed by atoms with Crippen molar-refractivity contribution in [2.75, 3.05) is 4.72 Å². The fourth-order valence-corrected chi connectivity index (χ4v) is 2.50. The van der Waals surface area contributed by atoms with Gasteiger partial charge in [-0.3, -0.25) is 9.71 Å². The Hall–Kier alpha value is -1.79. The van der Waals surface area contributed by atoms with Crippen molar-refractivity contribution in [2.45, 2.75) is 4.90 Å². The highest BCUT2D eigenvalue weighted by Gasteiger charge is 2.16. The number of phenolic OH excluding ortho intramolecular Hbond substituents is 1. The fraction of sp³-hybridized carbons (Fsp3) is 0. The Morgan fingerprint density at radius 1 is 1.28 bits per heavy atom. The maximum absolute atomic E-state index is 12.0. The first-order valence-electron chi connectivity index (χ1n) is 4.90. The molecule has 1 heterocycles. The quantitative estimate of drug-likeness (QED) is 0.847. The number of benzene rings is 1. The largest absolute Gasteiger partial charge is 0.506 e. The third kappa shape index (κ3) is 2.72. The molecule has 0 saturated heterocycles. The molecule has 0 aliphatic heterocycles. The molecule has 0 unspecified atom stereocenters. The Labute approximate surface area is 109 Å². The number of hydrogen-bond donors (Lipinski definition) is 2. The highest BCUT2D eigenvalue weighted by molar-refractivity contribution is 7.92. The summed E-state index contributed by atoms with van der Waals surface area (Å²) in [7, 11) is -3.78. The van der Waals surface area contributed by atoms with Crippen LogP contribution in [-0.2, 0) is 10.0 Å². The maximum atomic E-state index is 12.0. The second kappa shape index (κ2) is 4.83. The smallest absolute Gasteiger partial charge is 0.263 e. The van der Waals surface area contributed by atoms with E-state index in [0.717, 1.165) is 0 Å². The summed E-state index contributed by atoms with van der Waals surface area (Å²) in [4.78, 5) is 3.73. The van der Waals surface area contributed by atoms with E-state index in [-0.39, 0.29) is 16.3 Å². The van der Waals surface area contributed by atoms with Gasteiger partial charge in [-0.05, 0) is 30.3 Å². The Morgan fingerprint density at radius 3 is 2.72 bits per heavy atom. The third-order valence-corrected chi connectivity index (χ3v) is 3.73. The number of halogens is 1. The molecule has 5 nitrogen and oxygen atoms in total. The molecule has 7 heteroatoms. The average Bonchev–Trinajstić information content (AvgIpc) is 2.35. The SMILES string of the molecule is O=S(=O)(Nc1cc(Cl)ccc1O)c1cccnc1. The van der Waals surface area contributed by atoms with Crippen LogP contribution < -0.4 is 4.72 Å². The first-order chi connectivity index (χ1) is 8.49. The third-order valence-electron chi connectivity index (χ3n) is 2.15. The fourth-order valence-electron chi connectivity index (χ4n) is 1.30. The molecule has 0 fully saturated rings. The van der Waals surface area contributed by atoms with E-state index in [1.54, 1.807) is 0 Å². The van der Waals surface area contributed by atoms with Gasteiger partial charge in [0.2, 0.25) is 0 Å². The summed E-state index contributed by atoms with van der Waals surface area (Å²) in [6, 6.07) is 7.00. The molecule has 2 rings (SSSR count). The maximum Gasteiger partial charge on any atom is 0.263 e. The Kier molecular flexibility index (Phi) is 3.40. The summed E-state index contributed by atoms with van der Waals surface area (Å²) in [6.45, 7) is 0. The molecule has 1 aromatic heterocycles. The zero-order valence-corrected chi connectivity index (χ0v) is 10.6. The Balaban J connectivity index is 2.37. The van der Waals surface area contributed by atoms with Crippen molar-refractivity contribution in [1.82, 2.24) is 4.98 Å². The van der Waals surface area contributed by atoms with Gasteiger partial charge in [0.05, 0.1) is 5.69 Å². The molecule has 2 aromatic rings. The molecule has 2 N–H and O–H groups in total. The van der Waals surface area contributed by atoms with Gasteiger partial charge < -0.3 is 5.11 Å². The van der Waals surface area contributed by atoms with Crippen LogP contribution in [0.15, 0.2) is 47.6 Å². The van der Waals surface area contributed by atoms with E-state index in [4.69, 9.17) is 11.6 Å². The predicted molar refractivity (Wildman–Crippen MR) is 68.2 cm³/mol. The minimum absolute atomic E-state index is 0.00405. The minimum atomic E-state index is -3.78. The molecule has 0 amide bonds. The number of sulfonamides is 1. The molecule has 0 aliphatic rings. The summed E-state index contributed by atoms with van der Waals surface area (Å²) < 4.78 is 26.2. The van der Waals surface area contributed by atoms with Crippen LogP contribution in [0.5, 0.6) is 5.75 Å². The molecule has 0 bridgehead atoms. The summed E-state index contributed by atoms with van der Waals surface area (Å²) in [5, 5.41) is 9.86. The first kappa shape index (κ1) is 12.7.